The van der Waals surface area contributed by atoms with Crippen LogP contribution in [-0.2, 0) is 0 Å². The lowest BCUT2D eigenvalue weighted by Gasteiger charge is -1.87. The molecule has 0 aromatic heterocycles. The molecular formula is C9H8Br. The first kappa shape index (κ1) is 7.55. The zero-order valence-corrected chi connectivity index (χ0v) is 7.08. The molecule has 0 atom stereocenters. The summed E-state index contributed by atoms with van der Waals surface area (Å²) >= 11 is 3.20. The Bertz CT molecular complexity index is 201. The summed E-state index contributed by atoms with van der Waals surface area (Å²) in [6.45, 7) is 0. The van der Waals surface area contributed by atoms with Crippen molar-refractivity contribution < 1.29 is 0 Å². The number of allylic oxidation sites excluding steroid dienone is 1. The molecule has 0 aliphatic rings. The van der Waals surface area contributed by atoms with Crippen molar-refractivity contribution in [2.75, 3.05) is 0 Å². The van der Waals surface area contributed by atoms with Crippen LogP contribution in [0.3, 0.4) is 0 Å². The van der Waals surface area contributed by atoms with Crippen molar-refractivity contribution in [2.24, 2.45) is 0 Å². The molecule has 0 fully saturated rings. The lowest BCUT2D eigenvalue weighted by Crippen LogP contribution is -1.66. The quantitative estimate of drug-likeness (QED) is 0.680. The van der Waals surface area contributed by atoms with E-state index in [0.29, 0.717) is 0 Å². The van der Waals surface area contributed by atoms with Crippen LogP contribution in [0.2, 0.25) is 0 Å². The largest absolute Gasteiger partial charge is 0.0830 e. The predicted octanol–water partition coefficient (Wildman–Crippen LogP) is 3.26. The normalized spacial score (nSPS) is 10.5. The molecule has 0 saturated carbocycles. The number of hydrogen-bond acceptors (Lipinski definition) is 0. The maximum atomic E-state index is 3.20. The van der Waals surface area contributed by atoms with Crippen molar-refractivity contribution in [3.8, 4) is 0 Å². The highest BCUT2D eigenvalue weighted by molar-refractivity contribution is 9.10. The molecule has 10 heavy (non-hydrogen) atoms. The molecule has 0 unspecified atom stereocenters. The molecule has 0 aliphatic heterocycles. The molecule has 0 aliphatic carbocycles. The average Bonchev–Trinajstić information content (AvgIpc) is 2.03. The molecular weight excluding hydrogens is 188 g/mol. The Labute approximate surface area is 69.7 Å². The van der Waals surface area contributed by atoms with Crippen molar-refractivity contribution in [3.05, 3.63) is 47.3 Å². The zero-order chi connectivity index (χ0) is 7.23. The minimum atomic E-state index is 1.22. The minimum absolute atomic E-state index is 1.22. The summed E-state index contributed by atoms with van der Waals surface area (Å²) in [5.74, 6) is 0. The molecule has 1 heteroatoms. The fourth-order valence-corrected chi connectivity index (χ4v) is 0.864. The number of halogens is 1. The van der Waals surface area contributed by atoms with Crippen LogP contribution in [0, 0.1) is 5.33 Å². The van der Waals surface area contributed by atoms with E-state index in [1.54, 1.807) is 0 Å². The van der Waals surface area contributed by atoms with Gasteiger partial charge in [-0.3, -0.25) is 0 Å². The lowest BCUT2D eigenvalue weighted by atomic mass is 10.2. The highest BCUT2D eigenvalue weighted by atomic mass is 79.9. The van der Waals surface area contributed by atoms with Gasteiger partial charge in [-0.05, 0) is 5.56 Å². The first-order chi connectivity index (χ1) is 4.93. The predicted molar refractivity (Wildman–Crippen MR) is 48.7 cm³/mol. The van der Waals surface area contributed by atoms with Crippen LogP contribution >= 0.6 is 15.9 Å². The molecule has 0 saturated heterocycles. The van der Waals surface area contributed by atoms with E-state index in [1.165, 1.54) is 5.56 Å². The maximum Gasteiger partial charge on any atom is 0.0489 e. The van der Waals surface area contributed by atoms with E-state index in [1.807, 2.05) is 35.7 Å². The van der Waals surface area contributed by atoms with E-state index in [-0.39, 0.29) is 0 Å². The second-order valence-electron chi connectivity index (χ2n) is 1.90. The summed E-state index contributed by atoms with van der Waals surface area (Å²) in [5.41, 5.74) is 1.22. The van der Waals surface area contributed by atoms with Crippen molar-refractivity contribution in [3.63, 3.8) is 0 Å². The van der Waals surface area contributed by atoms with Crippen molar-refractivity contribution in [1.82, 2.24) is 0 Å². The summed E-state index contributed by atoms with van der Waals surface area (Å²) in [7, 11) is 0. The van der Waals surface area contributed by atoms with Crippen LogP contribution in [0.25, 0.3) is 6.08 Å². The van der Waals surface area contributed by atoms with Gasteiger partial charge >= 0.3 is 0 Å². The van der Waals surface area contributed by atoms with Crippen LogP contribution in [-0.4, -0.2) is 0 Å². The fourth-order valence-electron chi connectivity index (χ4n) is 0.712. The van der Waals surface area contributed by atoms with Gasteiger partial charge in [0.2, 0.25) is 0 Å². The molecule has 0 N–H and O–H groups in total. The van der Waals surface area contributed by atoms with Gasteiger partial charge in [0.1, 0.15) is 0 Å². The summed E-state index contributed by atoms with van der Waals surface area (Å²) in [6, 6.07) is 10.2. The summed E-state index contributed by atoms with van der Waals surface area (Å²) in [4.78, 5) is 0. The van der Waals surface area contributed by atoms with Gasteiger partial charge < -0.3 is 0 Å². The minimum Gasteiger partial charge on any atom is -0.0830 e. The van der Waals surface area contributed by atoms with Crippen LogP contribution < -0.4 is 0 Å². The van der Waals surface area contributed by atoms with Gasteiger partial charge in [0, 0.05) is 5.33 Å². The van der Waals surface area contributed by atoms with Crippen LogP contribution in [0.1, 0.15) is 5.56 Å². The Morgan fingerprint density at radius 2 is 1.80 bits per heavy atom. The van der Waals surface area contributed by atoms with E-state index in [9.17, 15) is 0 Å². The highest BCUT2D eigenvalue weighted by Gasteiger charge is 1.79. The number of rotatable bonds is 2. The Hall–Kier alpha value is -0.560. The average molecular weight is 196 g/mol. The first-order valence-corrected chi connectivity index (χ1v) is 4.00. The smallest absolute Gasteiger partial charge is 0.0489 e. The zero-order valence-electron chi connectivity index (χ0n) is 5.50. The topological polar surface area (TPSA) is 0 Å². The molecule has 0 spiro atoms. The standard InChI is InChI=1S/C9H8Br/c10-8-4-7-9-5-2-1-3-6-9/h1-8H/b7-4+. The van der Waals surface area contributed by atoms with Gasteiger partial charge in [-0.15, -0.1) is 0 Å². The van der Waals surface area contributed by atoms with Crippen molar-refractivity contribution >= 4 is 22.0 Å². The molecule has 0 heterocycles. The summed E-state index contributed by atoms with van der Waals surface area (Å²) in [5, 5.41) is 1.83. The second-order valence-corrected chi connectivity index (χ2v) is 2.42. The number of hydrogen-bond donors (Lipinski definition) is 0. The molecule has 1 aromatic carbocycles. The molecule has 1 aromatic rings. The third-order valence-electron chi connectivity index (χ3n) is 1.16. The Kier molecular flexibility index (Phi) is 3.23. The Morgan fingerprint density at radius 3 is 2.40 bits per heavy atom. The van der Waals surface area contributed by atoms with Crippen LogP contribution in [0.4, 0.5) is 0 Å². The molecule has 0 nitrogen and oxygen atoms in total. The van der Waals surface area contributed by atoms with Crippen molar-refractivity contribution in [1.29, 1.82) is 0 Å². The van der Waals surface area contributed by atoms with Gasteiger partial charge in [-0.25, -0.2) is 0 Å². The van der Waals surface area contributed by atoms with Crippen LogP contribution in [0.15, 0.2) is 36.4 Å². The summed E-state index contributed by atoms with van der Waals surface area (Å²) in [6.07, 6.45) is 3.99. The van der Waals surface area contributed by atoms with Gasteiger partial charge in [0.05, 0.1) is 0 Å². The fraction of sp³-hybridized carbons (Fsp3) is 0. The second kappa shape index (κ2) is 4.29. The molecule has 51 valence electrons. The van der Waals surface area contributed by atoms with Gasteiger partial charge in [0.25, 0.3) is 0 Å². The maximum absolute atomic E-state index is 3.20. The summed E-state index contributed by atoms with van der Waals surface area (Å²) < 4.78 is 0. The Morgan fingerprint density at radius 1 is 1.10 bits per heavy atom. The van der Waals surface area contributed by atoms with Gasteiger partial charge in [-0.2, -0.15) is 0 Å². The van der Waals surface area contributed by atoms with E-state index in [0.717, 1.165) is 0 Å². The molecule has 1 rings (SSSR count). The van der Waals surface area contributed by atoms with Gasteiger partial charge in [-0.1, -0.05) is 58.4 Å². The Balaban J connectivity index is 2.67. The van der Waals surface area contributed by atoms with E-state index in [4.69, 9.17) is 0 Å². The third kappa shape index (κ3) is 2.36. The monoisotopic (exact) mass is 195 g/mol. The van der Waals surface area contributed by atoms with E-state index >= 15 is 0 Å². The SMILES string of the molecule is Br[CH]/C=C/c1ccccc1. The first-order valence-electron chi connectivity index (χ1n) is 3.08. The van der Waals surface area contributed by atoms with Gasteiger partial charge in [0.15, 0.2) is 0 Å². The lowest BCUT2D eigenvalue weighted by molar-refractivity contribution is 1.66. The highest BCUT2D eigenvalue weighted by Crippen LogP contribution is 2.02. The molecule has 0 amide bonds. The molecule has 1 radical (unpaired) electrons. The van der Waals surface area contributed by atoms with E-state index in [2.05, 4.69) is 28.1 Å². The van der Waals surface area contributed by atoms with Crippen LogP contribution in [0.5, 0.6) is 0 Å². The van der Waals surface area contributed by atoms with E-state index < -0.39 is 0 Å². The van der Waals surface area contributed by atoms with Crippen molar-refractivity contribution in [2.45, 2.75) is 0 Å². The molecule has 0 bridgehead atoms. The third-order valence-corrected chi connectivity index (χ3v) is 1.47. The number of benzene rings is 1.